The normalized spacial score (nSPS) is 14.6. The highest BCUT2D eigenvalue weighted by Gasteiger charge is 2.17. The number of aliphatic hydroxyl groups excluding tert-OH is 2. The van der Waals surface area contributed by atoms with Crippen LogP contribution in [0.3, 0.4) is 0 Å². The van der Waals surface area contributed by atoms with Gasteiger partial charge in [-0.15, -0.1) is 0 Å². The van der Waals surface area contributed by atoms with Crippen molar-refractivity contribution >= 4 is 32.4 Å². The molecule has 0 amide bonds. The van der Waals surface area contributed by atoms with Crippen LogP contribution in [0, 0.1) is 0 Å². The van der Waals surface area contributed by atoms with Crippen LogP contribution in [0.1, 0.15) is 18.1 Å². The second kappa shape index (κ2) is 5.69. The van der Waals surface area contributed by atoms with Crippen molar-refractivity contribution in [3.05, 3.63) is 42.0 Å². The third kappa shape index (κ3) is 2.83. The van der Waals surface area contributed by atoms with E-state index in [1.807, 2.05) is 36.4 Å². The average molecular weight is 310 g/mol. The van der Waals surface area contributed by atoms with E-state index < -0.39 is 12.2 Å². The molecule has 18 heavy (non-hydrogen) atoms. The lowest BCUT2D eigenvalue weighted by Gasteiger charge is -2.17. The van der Waals surface area contributed by atoms with Gasteiger partial charge in [-0.25, -0.2) is 0 Å². The van der Waals surface area contributed by atoms with Crippen LogP contribution in [0.15, 0.2) is 36.4 Å². The van der Waals surface area contributed by atoms with E-state index in [-0.39, 0.29) is 0 Å². The quantitative estimate of drug-likeness (QED) is 0.601. The highest BCUT2D eigenvalue weighted by atomic mass is 79.9. The molecule has 0 aliphatic rings. The number of hydrogen-bond donors (Lipinski definition) is 3. The van der Waals surface area contributed by atoms with Gasteiger partial charge in [-0.2, -0.15) is 0 Å². The van der Waals surface area contributed by atoms with E-state index in [9.17, 15) is 10.2 Å². The minimum absolute atomic E-state index is 0.515. The van der Waals surface area contributed by atoms with E-state index >= 15 is 0 Å². The van der Waals surface area contributed by atoms with Gasteiger partial charge in [0.05, 0.1) is 6.10 Å². The van der Waals surface area contributed by atoms with Crippen LogP contribution >= 0.6 is 15.9 Å². The van der Waals surface area contributed by atoms with E-state index in [1.54, 1.807) is 0 Å². The van der Waals surface area contributed by atoms with E-state index in [0.717, 1.165) is 22.0 Å². The Morgan fingerprint density at radius 1 is 1.06 bits per heavy atom. The summed E-state index contributed by atoms with van der Waals surface area (Å²) in [6.07, 6.45) is -1.10. The molecule has 0 aromatic heterocycles. The number of rotatable bonds is 4. The summed E-state index contributed by atoms with van der Waals surface area (Å²) in [4.78, 5) is 0. The first-order chi connectivity index (χ1) is 8.61. The Kier molecular flexibility index (Phi) is 4.22. The van der Waals surface area contributed by atoms with Gasteiger partial charge in [0.25, 0.3) is 0 Å². The largest absolute Gasteiger partial charge is 0.399 e. The third-order valence-corrected chi connectivity index (χ3v) is 3.46. The zero-order chi connectivity index (χ0) is 13.1. The first kappa shape index (κ1) is 13.3. The zero-order valence-electron chi connectivity index (χ0n) is 9.88. The summed E-state index contributed by atoms with van der Waals surface area (Å²) in [5.74, 6) is 0. The summed E-state index contributed by atoms with van der Waals surface area (Å²) in [5.41, 5.74) is 7.16. The number of anilines is 1. The lowest BCUT2D eigenvalue weighted by molar-refractivity contribution is 0.0174. The Hall–Kier alpha value is -1.10. The maximum Gasteiger partial charge on any atom is 0.105 e. The Balaban J connectivity index is 2.32. The number of nitrogens with two attached hydrogens (primary N) is 1. The first-order valence-corrected chi connectivity index (χ1v) is 6.95. The number of hydrogen-bond acceptors (Lipinski definition) is 3. The van der Waals surface area contributed by atoms with Gasteiger partial charge < -0.3 is 15.9 Å². The predicted molar refractivity (Wildman–Crippen MR) is 77.7 cm³/mol. The van der Waals surface area contributed by atoms with Crippen molar-refractivity contribution in [2.75, 3.05) is 11.1 Å². The van der Waals surface area contributed by atoms with Crippen LogP contribution in [0.4, 0.5) is 5.69 Å². The summed E-state index contributed by atoms with van der Waals surface area (Å²) in [5, 5.41) is 22.5. The highest BCUT2D eigenvalue weighted by molar-refractivity contribution is 9.09. The maximum atomic E-state index is 10.0. The molecule has 2 aromatic carbocycles. The van der Waals surface area contributed by atoms with Gasteiger partial charge in [-0.3, -0.25) is 0 Å². The molecule has 0 heterocycles. The smallest absolute Gasteiger partial charge is 0.105 e. The van der Waals surface area contributed by atoms with Crippen molar-refractivity contribution in [3.8, 4) is 0 Å². The summed E-state index contributed by atoms with van der Waals surface area (Å²) < 4.78 is 0. The van der Waals surface area contributed by atoms with Crippen LogP contribution in [0.5, 0.6) is 0 Å². The van der Waals surface area contributed by atoms with Crippen LogP contribution < -0.4 is 5.73 Å². The van der Waals surface area contributed by atoms with Gasteiger partial charge in [0.15, 0.2) is 0 Å². The molecule has 0 saturated heterocycles. The minimum Gasteiger partial charge on any atom is -0.399 e. The fourth-order valence-corrected chi connectivity index (χ4v) is 2.43. The van der Waals surface area contributed by atoms with Gasteiger partial charge in [0.1, 0.15) is 6.10 Å². The molecule has 4 heteroatoms. The number of fused-ring (bicyclic) bond motifs is 1. The summed E-state index contributed by atoms with van der Waals surface area (Å²) in [7, 11) is 0. The highest BCUT2D eigenvalue weighted by Crippen LogP contribution is 2.25. The fourth-order valence-electron chi connectivity index (χ4n) is 1.96. The van der Waals surface area contributed by atoms with Crippen molar-refractivity contribution in [2.45, 2.75) is 18.6 Å². The summed E-state index contributed by atoms with van der Waals surface area (Å²) in [6.45, 7) is 0. The number of halogens is 1. The predicted octanol–water partition coefficient (Wildman–Crippen LogP) is 2.60. The van der Waals surface area contributed by atoms with Gasteiger partial charge in [-0.05, 0) is 41.0 Å². The van der Waals surface area contributed by atoms with Gasteiger partial charge in [-0.1, -0.05) is 34.1 Å². The first-order valence-electron chi connectivity index (χ1n) is 5.83. The van der Waals surface area contributed by atoms with E-state index in [2.05, 4.69) is 15.9 Å². The number of nitrogen functional groups attached to an aromatic ring is 1. The van der Waals surface area contributed by atoms with Crippen LogP contribution in [0.2, 0.25) is 0 Å². The molecule has 2 aromatic rings. The molecule has 0 radical (unpaired) electrons. The molecule has 0 spiro atoms. The molecule has 0 aliphatic heterocycles. The number of alkyl halides is 1. The van der Waals surface area contributed by atoms with Crippen molar-refractivity contribution < 1.29 is 10.2 Å². The summed E-state index contributed by atoms with van der Waals surface area (Å²) >= 11 is 3.25. The molecule has 0 fully saturated rings. The van der Waals surface area contributed by atoms with E-state index in [4.69, 9.17) is 5.73 Å². The van der Waals surface area contributed by atoms with Crippen LogP contribution in [-0.4, -0.2) is 21.6 Å². The molecule has 2 atom stereocenters. The lowest BCUT2D eigenvalue weighted by Crippen LogP contribution is -2.18. The molecule has 0 bridgehead atoms. The number of aliphatic hydroxyl groups is 2. The SMILES string of the molecule is Nc1ccc2cc(C(O)C(O)CCBr)ccc2c1. The Bertz CT molecular complexity index is 544. The zero-order valence-corrected chi connectivity index (χ0v) is 11.5. The maximum absolute atomic E-state index is 10.0. The molecule has 0 aliphatic carbocycles. The second-order valence-electron chi connectivity index (χ2n) is 4.36. The standard InChI is InChI=1S/C14H16BrNO2/c15-6-5-13(17)14(18)11-2-1-10-8-12(16)4-3-9(10)7-11/h1-4,7-8,13-14,17-18H,5-6,16H2. The third-order valence-electron chi connectivity index (χ3n) is 3.00. The average Bonchev–Trinajstić information content (AvgIpc) is 2.37. The summed E-state index contributed by atoms with van der Waals surface area (Å²) in [6, 6.07) is 11.2. The molecular formula is C14H16BrNO2. The van der Waals surface area contributed by atoms with Crippen LogP contribution in [-0.2, 0) is 0 Å². The van der Waals surface area contributed by atoms with Crippen molar-refractivity contribution in [3.63, 3.8) is 0 Å². The minimum atomic E-state index is -0.857. The molecule has 4 N–H and O–H groups in total. The van der Waals surface area contributed by atoms with Gasteiger partial charge in [0.2, 0.25) is 0 Å². The molecule has 0 saturated carbocycles. The second-order valence-corrected chi connectivity index (χ2v) is 5.15. The Morgan fingerprint density at radius 3 is 2.44 bits per heavy atom. The lowest BCUT2D eigenvalue weighted by atomic mass is 9.99. The molecule has 2 rings (SSSR count). The van der Waals surface area contributed by atoms with Gasteiger partial charge >= 0.3 is 0 Å². The monoisotopic (exact) mass is 309 g/mol. The van der Waals surface area contributed by atoms with E-state index in [1.165, 1.54) is 0 Å². The van der Waals surface area contributed by atoms with E-state index in [0.29, 0.717) is 11.8 Å². The number of benzene rings is 2. The molecular weight excluding hydrogens is 294 g/mol. The Labute approximate surface area is 114 Å². The van der Waals surface area contributed by atoms with Crippen molar-refractivity contribution in [1.29, 1.82) is 0 Å². The molecule has 2 unspecified atom stereocenters. The van der Waals surface area contributed by atoms with Gasteiger partial charge in [0, 0.05) is 11.0 Å². The van der Waals surface area contributed by atoms with Crippen molar-refractivity contribution in [2.24, 2.45) is 0 Å². The Morgan fingerprint density at radius 2 is 1.72 bits per heavy atom. The topological polar surface area (TPSA) is 66.5 Å². The van der Waals surface area contributed by atoms with Crippen LogP contribution in [0.25, 0.3) is 10.8 Å². The fraction of sp³-hybridized carbons (Fsp3) is 0.286. The molecule has 3 nitrogen and oxygen atoms in total. The molecule has 96 valence electrons. The van der Waals surface area contributed by atoms with Crippen molar-refractivity contribution in [1.82, 2.24) is 0 Å².